The molecule has 5 nitrogen and oxygen atoms in total. The van der Waals surface area contributed by atoms with E-state index < -0.39 is 17.4 Å². The van der Waals surface area contributed by atoms with Crippen LogP contribution in [0.4, 0.5) is 0 Å². The summed E-state index contributed by atoms with van der Waals surface area (Å²) < 4.78 is 5.54. The average Bonchev–Trinajstić information content (AvgIpc) is 2.41. The number of nitrogens with two attached hydrogens (primary N) is 1. The predicted octanol–water partition coefficient (Wildman–Crippen LogP) is 0.540. The molecule has 3 N–H and O–H groups in total. The molecular formula is C13H18N2O3. The van der Waals surface area contributed by atoms with Crippen molar-refractivity contribution in [3.8, 4) is 0 Å². The van der Waals surface area contributed by atoms with E-state index in [1.54, 1.807) is 7.11 Å². The maximum atomic E-state index is 11.2. The summed E-state index contributed by atoms with van der Waals surface area (Å²) in [7, 11) is 1.58. The second-order valence-corrected chi connectivity index (χ2v) is 3.96. The first kappa shape index (κ1) is 14.2. The molecule has 1 rings (SSSR count). The highest BCUT2D eigenvalue weighted by Crippen LogP contribution is 2.27. The fourth-order valence-electron chi connectivity index (χ4n) is 1.82. The molecule has 98 valence electrons. The fourth-order valence-corrected chi connectivity index (χ4v) is 1.82. The van der Waals surface area contributed by atoms with Crippen molar-refractivity contribution in [1.29, 1.82) is 0 Å². The van der Waals surface area contributed by atoms with Gasteiger partial charge in [-0.2, -0.15) is 0 Å². The zero-order valence-corrected chi connectivity index (χ0v) is 10.6. The molecule has 0 aliphatic heterocycles. The topological polar surface area (TPSA) is 81.4 Å². The second-order valence-electron chi connectivity index (χ2n) is 3.96. The molecule has 5 heteroatoms. The molecule has 1 aromatic rings. The van der Waals surface area contributed by atoms with E-state index in [9.17, 15) is 9.59 Å². The Morgan fingerprint density at radius 3 is 2.39 bits per heavy atom. The highest BCUT2D eigenvalue weighted by atomic mass is 16.5. The molecule has 0 saturated carbocycles. The minimum absolute atomic E-state index is 0.200. The number of hydrogen-bond donors (Lipinski definition) is 2. The van der Waals surface area contributed by atoms with E-state index in [1.807, 2.05) is 37.3 Å². The van der Waals surface area contributed by atoms with Gasteiger partial charge in [0.2, 0.25) is 0 Å². The maximum Gasteiger partial charge on any atom is 0.309 e. The molecule has 0 bridgehead atoms. The molecule has 1 aromatic carbocycles. The first-order valence-electron chi connectivity index (χ1n) is 5.74. The molecule has 18 heavy (non-hydrogen) atoms. The summed E-state index contributed by atoms with van der Waals surface area (Å²) in [4.78, 5) is 21.9. The van der Waals surface area contributed by atoms with Crippen molar-refractivity contribution in [3.05, 3.63) is 35.9 Å². The van der Waals surface area contributed by atoms with Crippen LogP contribution >= 0.6 is 0 Å². The van der Waals surface area contributed by atoms with E-state index in [4.69, 9.17) is 10.5 Å². The number of hydrogen-bond acceptors (Lipinski definition) is 3. The van der Waals surface area contributed by atoms with Crippen molar-refractivity contribution in [2.24, 2.45) is 5.73 Å². The molecule has 0 spiro atoms. The van der Waals surface area contributed by atoms with E-state index in [2.05, 4.69) is 5.32 Å². The van der Waals surface area contributed by atoms with Crippen LogP contribution in [0.25, 0.3) is 0 Å². The van der Waals surface area contributed by atoms with Crippen LogP contribution in [0.2, 0.25) is 0 Å². The zero-order chi connectivity index (χ0) is 13.6. The molecule has 2 amide bonds. The Hall–Kier alpha value is -1.88. The van der Waals surface area contributed by atoms with Gasteiger partial charge in [0.15, 0.2) is 0 Å². The summed E-state index contributed by atoms with van der Waals surface area (Å²) in [5, 5.41) is 2.48. The van der Waals surface area contributed by atoms with E-state index in [0.717, 1.165) is 5.56 Å². The van der Waals surface area contributed by atoms with Crippen molar-refractivity contribution in [2.75, 3.05) is 13.7 Å². The van der Waals surface area contributed by atoms with Crippen molar-refractivity contribution in [3.63, 3.8) is 0 Å². The van der Waals surface area contributed by atoms with Crippen LogP contribution < -0.4 is 11.1 Å². The molecular weight excluding hydrogens is 232 g/mol. The van der Waals surface area contributed by atoms with Gasteiger partial charge in [0.1, 0.15) is 5.60 Å². The third-order valence-electron chi connectivity index (χ3n) is 3.02. The molecule has 0 aliphatic carbocycles. The van der Waals surface area contributed by atoms with Gasteiger partial charge in [0.25, 0.3) is 0 Å². The zero-order valence-electron chi connectivity index (χ0n) is 10.6. The summed E-state index contributed by atoms with van der Waals surface area (Å²) in [6.45, 7) is 2.15. The van der Waals surface area contributed by atoms with Gasteiger partial charge in [-0.15, -0.1) is 0 Å². The molecule has 0 radical (unpaired) electrons. The van der Waals surface area contributed by atoms with Crippen molar-refractivity contribution in [2.45, 2.75) is 18.9 Å². The van der Waals surface area contributed by atoms with Crippen molar-refractivity contribution < 1.29 is 14.3 Å². The largest absolute Gasteiger partial charge is 0.372 e. The van der Waals surface area contributed by atoms with Gasteiger partial charge in [0.05, 0.1) is 6.54 Å². The van der Waals surface area contributed by atoms with E-state index in [1.165, 1.54) is 0 Å². The van der Waals surface area contributed by atoms with Gasteiger partial charge in [-0.25, -0.2) is 0 Å². The van der Waals surface area contributed by atoms with Crippen LogP contribution in [-0.2, 0) is 19.9 Å². The van der Waals surface area contributed by atoms with Gasteiger partial charge >= 0.3 is 11.8 Å². The average molecular weight is 250 g/mol. The number of rotatable bonds is 5. The quantitative estimate of drug-likeness (QED) is 0.748. The van der Waals surface area contributed by atoms with Gasteiger partial charge in [0, 0.05) is 7.11 Å². The third kappa shape index (κ3) is 3.07. The number of carbonyl (C=O) groups excluding carboxylic acids is 2. The lowest BCUT2D eigenvalue weighted by Gasteiger charge is -2.32. The second kappa shape index (κ2) is 6.16. The lowest BCUT2D eigenvalue weighted by molar-refractivity contribution is -0.138. The van der Waals surface area contributed by atoms with Crippen LogP contribution in [0.5, 0.6) is 0 Å². The Labute approximate surface area is 106 Å². The van der Waals surface area contributed by atoms with E-state index in [0.29, 0.717) is 6.42 Å². The van der Waals surface area contributed by atoms with Crippen LogP contribution in [-0.4, -0.2) is 25.5 Å². The van der Waals surface area contributed by atoms with Crippen LogP contribution in [0.1, 0.15) is 18.9 Å². The molecule has 0 heterocycles. The van der Waals surface area contributed by atoms with Crippen LogP contribution in [0.15, 0.2) is 30.3 Å². The number of carbonyl (C=O) groups is 2. The minimum Gasteiger partial charge on any atom is -0.372 e. The summed E-state index contributed by atoms with van der Waals surface area (Å²) in [6.07, 6.45) is 0.659. The number of methoxy groups -OCH3 is 1. The molecule has 0 saturated heterocycles. The highest BCUT2D eigenvalue weighted by molar-refractivity contribution is 6.34. The standard InChI is InChI=1S/C13H18N2O3/c1-3-13(18-2,9-15-12(17)11(14)16)10-7-5-4-6-8-10/h4-8H,3,9H2,1-2H3,(H2,14,16)(H,15,17). The SMILES string of the molecule is CCC(CNC(=O)C(N)=O)(OC)c1ccccc1. The Bertz CT molecular complexity index is 414. The van der Waals surface area contributed by atoms with Crippen LogP contribution in [0.3, 0.4) is 0 Å². The van der Waals surface area contributed by atoms with Gasteiger partial charge in [-0.1, -0.05) is 37.3 Å². The number of nitrogens with one attached hydrogen (secondary N) is 1. The highest BCUT2D eigenvalue weighted by Gasteiger charge is 2.31. The number of benzene rings is 1. The first-order valence-corrected chi connectivity index (χ1v) is 5.74. The summed E-state index contributed by atoms with van der Waals surface area (Å²) >= 11 is 0. The molecule has 0 aromatic heterocycles. The van der Waals surface area contributed by atoms with E-state index in [-0.39, 0.29) is 6.54 Å². The van der Waals surface area contributed by atoms with Gasteiger partial charge < -0.3 is 15.8 Å². The number of amides is 2. The lowest BCUT2D eigenvalue weighted by Crippen LogP contribution is -2.45. The normalized spacial score (nSPS) is 13.7. The Kier molecular flexibility index (Phi) is 4.85. The smallest absolute Gasteiger partial charge is 0.309 e. The van der Waals surface area contributed by atoms with E-state index >= 15 is 0 Å². The van der Waals surface area contributed by atoms with Crippen molar-refractivity contribution >= 4 is 11.8 Å². The lowest BCUT2D eigenvalue weighted by atomic mass is 9.90. The fraction of sp³-hybridized carbons (Fsp3) is 0.385. The molecule has 1 unspecified atom stereocenters. The monoisotopic (exact) mass is 250 g/mol. The first-order chi connectivity index (χ1) is 8.55. The Balaban J connectivity index is 2.88. The molecule has 0 aliphatic rings. The maximum absolute atomic E-state index is 11.2. The van der Waals surface area contributed by atoms with Crippen molar-refractivity contribution in [1.82, 2.24) is 5.32 Å². The summed E-state index contributed by atoms with van der Waals surface area (Å²) in [5.74, 6) is -1.80. The number of ether oxygens (including phenoxy) is 1. The van der Waals surface area contributed by atoms with Gasteiger partial charge in [-0.05, 0) is 12.0 Å². The van der Waals surface area contributed by atoms with Crippen LogP contribution in [0, 0.1) is 0 Å². The number of primary amides is 1. The molecule has 0 fully saturated rings. The predicted molar refractivity (Wildman–Crippen MR) is 67.6 cm³/mol. The Morgan fingerprint density at radius 1 is 1.33 bits per heavy atom. The summed E-state index contributed by atoms with van der Waals surface area (Å²) in [5.41, 5.74) is 5.19. The Morgan fingerprint density at radius 2 is 1.94 bits per heavy atom. The van der Waals surface area contributed by atoms with Gasteiger partial charge in [-0.3, -0.25) is 9.59 Å². The summed E-state index contributed by atoms with van der Waals surface area (Å²) in [6, 6.07) is 9.54. The molecule has 1 atom stereocenters. The third-order valence-corrected chi connectivity index (χ3v) is 3.02. The minimum atomic E-state index is -0.996.